The van der Waals surface area contributed by atoms with E-state index in [1.165, 1.54) is 14.2 Å². The lowest BCUT2D eigenvalue weighted by molar-refractivity contribution is -0.119. The minimum Gasteiger partial charge on any atom is -0.497 e. The van der Waals surface area contributed by atoms with Gasteiger partial charge in [0.2, 0.25) is 5.91 Å². The second kappa shape index (κ2) is 9.09. The van der Waals surface area contributed by atoms with Crippen LogP contribution >= 0.6 is 0 Å². The molecule has 2 aromatic carbocycles. The van der Waals surface area contributed by atoms with Gasteiger partial charge in [-0.15, -0.1) is 0 Å². The number of nitrogens with one attached hydrogen (secondary N) is 1. The monoisotopic (exact) mass is 398 g/mol. The van der Waals surface area contributed by atoms with Crippen LogP contribution in [0.3, 0.4) is 0 Å². The number of hydrogen-bond donors (Lipinski definition) is 1. The van der Waals surface area contributed by atoms with E-state index in [9.17, 15) is 14.4 Å². The first kappa shape index (κ1) is 20.2. The van der Waals surface area contributed by atoms with Gasteiger partial charge in [0.05, 0.1) is 25.5 Å². The Labute approximate surface area is 168 Å². The molecular formula is C21H22N2O6. The fourth-order valence-corrected chi connectivity index (χ4v) is 3.00. The zero-order chi connectivity index (χ0) is 20.8. The molecule has 0 bridgehead atoms. The molecule has 29 heavy (non-hydrogen) atoms. The van der Waals surface area contributed by atoms with E-state index in [4.69, 9.17) is 14.2 Å². The van der Waals surface area contributed by atoms with E-state index < -0.39 is 18.5 Å². The second-order valence-corrected chi connectivity index (χ2v) is 6.39. The Kier molecular flexibility index (Phi) is 6.33. The van der Waals surface area contributed by atoms with E-state index in [1.807, 2.05) is 0 Å². The SMILES string of the molecule is COc1ccc(NC(=O)COC(=O)c2ccc(N3CCCC3=O)cc2)c(OC)c1. The summed E-state index contributed by atoms with van der Waals surface area (Å²) >= 11 is 0. The number of nitrogens with zero attached hydrogens (tertiary/aromatic N) is 1. The molecule has 1 N–H and O–H groups in total. The molecule has 0 radical (unpaired) electrons. The number of ether oxygens (including phenoxy) is 3. The Morgan fingerprint density at radius 3 is 2.45 bits per heavy atom. The van der Waals surface area contributed by atoms with Gasteiger partial charge in [0.15, 0.2) is 6.61 Å². The molecule has 0 unspecified atom stereocenters. The van der Waals surface area contributed by atoms with Crippen molar-refractivity contribution in [2.24, 2.45) is 0 Å². The fourth-order valence-electron chi connectivity index (χ4n) is 3.00. The molecular weight excluding hydrogens is 376 g/mol. The van der Waals surface area contributed by atoms with Crippen LogP contribution in [0, 0.1) is 0 Å². The maximum atomic E-state index is 12.2. The van der Waals surface area contributed by atoms with Crippen LogP contribution in [0.1, 0.15) is 23.2 Å². The Morgan fingerprint density at radius 2 is 1.83 bits per heavy atom. The average Bonchev–Trinajstić information content (AvgIpc) is 3.18. The first-order valence-corrected chi connectivity index (χ1v) is 9.11. The highest BCUT2D eigenvalue weighted by Crippen LogP contribution is 2.29. The molecule has 1 saturated heterocycles. The van der Waals surface area contributed by atoms with Gasteiger partial charge in [-0.25, -0.2) is 4.79 Å². The molecule has 8 nitrogen and oxygen atoms in total. The number of rotatable bonds is 7. The lowest BCUT2D eigenvalue weighted by Gasteiger charge is -2.15. The van der Waals surface area contributed by atoms with Gasteiger partial charge >= 0.3 is 5.97 Å². The number of benzene rings is 2. The highest BCUT2D eigenvalue weighted by Gasteiger charge is 2.22. The van der Waals surface area contributed by atoms with Gasteiger partial charge in [0.1, 0.15) is 11.5 Å². The van der Waals surface area contributed by atoms with Crippen LogP contribution in [0.2, 0.25) is 0 Å². The largest absolute Gasteiger partial charge is 0.497 e. The van der Waals surface area contributed by atoms with Crippen molar-refractivity contribution in [1.82, 2.24) is 0 Å². The van der Waals surface area contributed by atoms with Gasteiger partial charge < -0.3 is 24.4 Å². The second-order valence-electron chi connectivity index (χ2n) is 6.39. The molecule has 0 aromatic heterocycles. The number of hydrogen-bond acceptors (Lipinski definition) is 6. The summed E-state index contributed by atoms with van der Waals surface area (Å²) in [5.74, 6) is -0.0327. The lowest BCUT2D eigenvalue weighted by Crippen LogP contribution is -2.23. The average molecular weight is 398 g/mol. The van der Waals surface area contributed by atoms with Crippen LogP contribution in [0.15, 0.2) is 42.5 Å². The molecule has 0 atom stereocenters. The van der Waals surface area contributed by atoms with Gasteiger partial charge in [0, 0.05) is 24.7 Å². The Bertz CT molecular complexity index is 910. The molecule has 1 fully saturated rings. The first-order chi connectivity index (χ1) is 14.0. The number of carbonyl (C=O) groups excluding carboxylic acids is 3. The van der Waals surface area contributed by atoms with Gasteiger partial charge in [-0.1, -0.05) is 0 Å². The molecule has 0 aliphatic carbocycles. The third-order valence-corrected chi connectivity index (χ3v) is 4.51. The summed E-state index contributed by atoms with van der Waals surface area (Å²) in [6, 6.07) is 11.5. The van der Waals surface area contributed by atoms with Gasteiger partial charge in [-0.2, -0.15) is 0 Å². The van der Waals surface area contributed by atoms with Crippen molar-refractivity contribution in [2.75, 3.05) is 37.6 Å². The number of esters is 1. The van der Waals surface area contributed by atoms with Crippen molar-refractivity contribution >= 4 is 29.2 Å². The highest BCUT2D eigenvalue weighted by molar-refractivity contribution is 5.98. The summed E-state index contributed by atoms with van der Waals surface area (Å²) in [7, 11) is 3.01. The molecule has 152 valence electrons. The van der Waals surface area contributed by atoms with Crippen molar-refractivity contribution in [3.63, 3.8) is 0 Å². The number of anilines is 2. The van der Waals surface area contributed by atoms with Crippen LogP contribution < -0.4 is 19.7 Å². The van der Waals surface area contributed by atoms with E-state index in [0.717, 1.165) is 12.1 Å². The van der Waals surface area contributed by atoms with Crippen molar-refractivity contribution in [3.05, 3.63) is 48.0 Å². The number of methoxy groups -OCH3 is 2. The van der Waals surface area contributed by atoms with E-state index in [1.54, 1.807) is 47.4 Å². The quantitative estimate of drug-likeness (QED) is 0.721. The van der Waals surface area contributed by atoms with Gasteiger partial charge in [-0.3, -0.25) is 9.59 Å². The van der Waals surface area contributed by atoms with Crippen LogP contribution in [0.25, 0.3) is 0 Å². The number of carbonyl (C=O) groups is 3. The molecule has 1 aliphatic heterocycles. The van der Waals surface area contributed by atoms with Crippen molar-refractivity contribution in [2.45, 2.75) is 12.8 Å². The summed E-state index contributed by atoms with van der Waals surface area (Å²) in [6.45, 7) is 0.234. The Balaban J connectivity index is 1.55. The maximum absolute atomic E-state index is 12.2. The molecule has 2 aromatic rings. The zero-order valence-electron chi connectivity index (χ0n) is 16.3. The fraction of sp³-hybridized carbons (Fsp3) is 0.286. The summed E-state index contributed by atoms with van der Waals surface area (Å²) < 4.78 is 15.4. The van der Waals surface area contributed by atoms with E-state index in [0.29, 0.717) is 35.7 Å². The summed E-state index contributed by atoms with van der Waals surface area (Å²) in [4.78, 5) is 37.8. The molecule has 2 amide bonds. The lowest BCUT2D eigenvalue weighted by atomic mass is 10.2. The topological polar surface area (TPSA) is 94.2 Å². The third kappa shape index (κ3) is 4.84. The van der Waals surface area contributed by atoms with Crippen molar-refractivity contribution < 1.29 is 28.6 Å². The normalized spacial score (nSPS) is 13.2. The molecule has 3 rings (SSSR count). The smallest absolute Gasteiger partial charge is 0.338 e. The summed E-state index contributed by atoms with van der Waals surface area (Å²) in [5.41, 5.74) is 1.48. The molecule has 8 heteroatoms. The number of amides is 2. The minimum absolute atomic E-state index is 0.0750. The maximum Gasteiger partial charge on any atom is 0.338 e. The summed E-state index contributed by atoms with van der Waals surface area (Å²) in [6.07, 6.45) is 1.37. The predicted molar refractivity (Wildman–Crippen MR) is 106 cm³/mol. The van der Waals surface area contributed by atoms with Crippen LogP contribution in [-0.4, -0.2) is 45.2 Å². The van der Waals surface area contributed by atoms with Crippen LogP contribution in [-0.2, 0) is 14.3 Å². The van der Waals surface area contributed by atoms with Gasteiger partial charge in [-0.05, 0) is 42.8 Å². The first-order valence-electron chi connectivity index (χ1n) is 9.11. The molecule has 1 heterocycles. The van der Waals surface area contributed by atoms with Gasteiger partial charge in [0.25, 0.3) is 5.91 Å². The van der Waals surface area contributed by atoms with E-state index in [2.05, 4.69) is 5.32 Å². The third-order valence-electron chi connectivity index (χ3n) is 4.51. The molecule has 0 saturated carbocycles. The van der Waals surface area contributed by atoms with Crippen molar-refractivity contribution in [3.8, 4) is 11.5 Å². The highest BCUT2D eigenvalue weighted by atomic mass is 16.5. The van der Waals surface area contributed by atoms with E-state index >= 15 is 0 Å². The summed E-state index contributed by atoms with van der Waals surface area (Å²) in [5, 5.41) is 2.63. The molecule has 1 aliphatic rings. The van der Waals surface area contributed by atoms with Crippen molar-refractivity contribution in [1.29, 1.82) is 0 Å². The predicted octanol–water partition coefficient (Wildman–Crippen LogP) is 2.63. The van der Waals surface area contributed by atoms with Crippen LogP contribution in [0.5, 0.6) is 11.5 Å². The van der Waals surface area contributed by atoms with E-state index in [-0.39, 0.29) is 5.91 Å². The van der Waals surface area contributed by atoms with Crippen LogP contribution in [0.4, 0.5) is 11.4 Å². The minimum atomic E-state index is -0.624. The zero-order valence-corrected chi connectivity index (χ0v) is 16.3. The Hall–Kier alpha value is -3.55. The Morgan fingerprint density at radius 1 is 1.07 bits per heavy atom. The standard InChI is InChI=1S/C21H22N2O6/c1-27-16-9-10-17(18(12-16)28-2)22-19(24)13-29-21(26)14-5-7-15(8-6-14)23-11-3-4-20(23)25/h5-10,12H,3-4,11,13H2,1-2H3,(H,22,24). The molecule has 0 spiro atoms.